The van der Waals surface area contributed by atoms with E-state index in [-0.39, 0.29) is 0 Å². The molecule has 1 atom stereocenters. The summed E-state index contributed by atoms with van der Waals surface area (Å²) in [6, 6.07) is 18.9. The van der Waals surface area contributed by atoms with Gasteiger partial charge in [-0.15, -0.1) is 0 Å². The average Bonchev–Trinajstić information content (AvgIpc) is 2.74. The van der Waals surface area contributed by atoms with Crippen LogP contribution in [0.3, 0.4) is 0 Å². The zero-order valence-electron chi connectivity index (χ0n) is 20.0. The Morgan fingerprint density at radius 2 is 1.53 bits per heavy atom. The summed E-state index contributed by atoms with van der Waals surface area (Å²) in [6.45, 7) is 10.3. The Kier molecular flexibility index (Phi) is 9.38. The van der Waals surface area contributed by atoms with Crippen LogP contribution in [0.2, 0.25) is 0 Å². The standard InChI is InChI=1S/C27H42NO2/c1-7-28(5,6)27(29-8-2,30-26-17-13-10-14-18-26)25-21-19-24(20-22-25)16-12-9-11-15-23(3)4/h10,13-14,17-23H,7-9,11-12,15-16H2,1-6H3/q+1. The van der Waals surface area contributed by atoms with E-state index in [9.17, 15) is 0 Å². The zero-order chi connectivity index (χ0) is 22.0. The highest BCUT2D eigenvalue weighted by atomic mass is 16.7. The molecule has 30 heavy (non-hydrogen) atoms. The van der Waals surface area contributed by atoms with E-state index in [0.717, 1.165) is 30.2 Å². The van der Waals surface area contributed by atoms with Crippen molar-refractivity contribution in [3.05, 3.63) is 65.7 Å². The smallest absolute Gasteiger partial charge is 0.389 e. The number of ether oxygens (including phenoxy) is 2. The predicted molar refractivity (Wildman–Crippen MR) is 126 cm³/mol. The van der Waals surface area contributed by atoms with Crippen LogP contribution < -0.4 is 4.74 Å². The van der Waals surface area contributed by atoms with Crippen LogP contribution in [-0.2, 0) is 17.1 Å². The molecule has 3 nitrogen and oxygen atoms in total. The first-order chi connectivity index (χ1) is 14.3. The minimum Gasteiger partial charge on any atom is -0.413 e. The summed E-state index contributed by atoms with van der Waals surface area (Å²) in [5.74, 6) is 0.737. The Morgan fingerprint density at radius 1 is 0.867 bits per heavy atom. The molecule has 0 aromatic heterocycles. The summed E-state index contributed by atoms with van der Waals surface area (Å²) >= 11 is 0. The highest BCUT2D eigenvalue weighted by Gasteiger charge is 2.51. The molecule has 0 spiro atoms. The minimum absolute atomic E-state index is 0.574. The van der Waals surface area contributed by atoms with E-state index in [1.165, 1.54) is 31.2 Å². The third-order valence-corrected chi connectivity index (χ3v) is 5.99. The van der Waals surface area contributed by atoms with Gasteiger partial charge in [0.1, 0.15) is 5.75 Å². The first-order valence-corrected chi connectivity index (χ1v) is 11.6. The molecule has 0 heterocycles. The number of benzene rings is 2. The van der Waals surface area contributed by atoms with Crippen molar-refractivity contribution in [3.63, 3.8) is 0 Å². The van der Waals surface area contributed by atoms with Gasteiger partial charge in [0.2, 0.25) is 0 Å². The molecule has 0 fully saturated rings. The van der Waals surface area contributed by atoms with Crippen LogP contribution in [0.25, 0.3) is 0 Å². The van der Waals surface area contributed by atoms with Crippen LogP contribution in [-0.4, -0.2) is 31.7 Å². The predicted octanol–water partition coefficient (Wildman–Crippen LogP) is 6.77. The molecule has 0 saturated carbocycles. The van der Waals surface area contributed by atoms with Crippen LogP contribution in [0.1, 0.15) is 64.5 Å². The molecule has 3 heteroatoms. The van der Waals surface area contributed by atoms with E-state index in [1.807, 2.05) is 37.3 Å². The molecule has 2 aromatic carbocycles. The highest BCUT2D eigenvalue weighted by molar-refractivity contribution is 5.28. The SMILES string of the molecule is CCOC(Oc1ccccc1)(c1ccc(CCCCCC(C)C)cc1)[N+](C)(C)CC. The summed E-state index contributed by atoms with van der Waals surface area (Å²) in [5.41, 5.74) is 2.44. The number of unbranched alkanes of at least 4 members (excludes halogenated alkanes) is 2. The third-order valence-electron chi connectivity index (χ3n) is 5.99. The van der Waals surface area contributed by atoms with Crippen molar-refractivity contribution in [3.8, 4) is 5.75 Å². The zero-order valence-corrected chi connectivity index (χ0v) is 20.0. The van der Waals surface area contributed by atoms with Gasteiger partial charge in [-0.2, -0.15) is 0 Å². The van der Waals surface area contributed by atoms with Gasteiger partial charge >= 0.3 is 5.91 Å². The Bertz CT molecular complexity index is 724. The minimum atomic E-state index is -0.888. The lowest BCUT2D eigenvalue weighted by molar-refractivity contribution is -1.000. The fraction of sp³-hybridized carbons (Fsp3) is 0.556. The number of aryl methyl sites for hydroxylation is 1. The van der Waals surface area contributed by atoms with Gasteiger partial charge in [0.05, 0.1) is 32.8 Å². The second kappa shape index (κ2) is 11.5. The lowest BCUT2D eigenvalue weighted by Gasteiger charge is -2.46. The maximum Gasteiger partial charge on any atom is 0.389 e. The van der Waals surface area contributed by atoms with Gasteiger partial charge in [0.25, 0.3) is 0 Å². The summed E-state index contributed by atoms with van der Waals surface area (Å²) in [6.07, 6.45) is 6.35. The van der Waals surface area contributed by atoms with Crippen LogP contribution >= 0.6 is 0 Å². The van der Waals surface area contributed by atoms with Crippen molar-refractivity contribution in [2.75, 3.05) is 27.2 Å². The molecule has 0 aliphatic heterocycles. The van der Waals surface area contributed by atoms with Crippen molar-refractivity contribution < 1.29 is 14.0 Å². The first-order valence-electron chi connectivity index (χ1n) is 11.6. The van der Waals surface area contributed by atoms with E-state index in [1.54, 1.807) is 0 Å². The van der Waals surface area contributed by atoms with Gasteiger partial charge in [-0.1, -0.05) is 63.4 Å². The molecule has 2 aromatic rings. The van der Waals surface area contributed by atoms with Crippen molar-refractivity contribution in [1.82, 2.24) is 0 Å². The van der Waals surface area contributed by atoms with Crippen LogP contribution in [0.5, 0.6) is 5.75 Å². The summed E-state index contributed by atoms with van der Waals surface area (Å²) in [5, 5.41) is 0. The molecule has 0 bridgehead atoms. The molecule has 0 radical (unpaired) electrons. The van der Waals surface area contributed by atoms with E-state index in [0.29, 0.717) is 11.1 Å². The lowest BCUT2D eigenvalue weighted by atomic mass is 10.0. The van der Waals surface area contributed by atoms with E-state index >= 15 is 0 Å². The number of quaternary nitrogens is 1. The third kappa shape index (κ3) is 6.33. The number of hydrogen-bond acceptors (Lipinski definition) is 2. The summed E-state index contributed by atoms with van der Waals surface area (Å²) in [4.78, 5) is 0. The molecule has 0 aliphatic rings. The first kappa shape index (κ1) is 24.4. The lowest BCUT2D eigenvalue weighted by Crippen LogP contribution is -2.62. The van der Waals surface area contributed by atoms with E-state index in [4.69, 9.17) is 9.47 Å². The fourth-order valence-corrected chi connectivity index (χ4v) is 3.81. The second-order valence-electron chi connectivity index (χ2n) is 9.12. The topological polar surface area (TPSA) is 18.5 Å². The largest absolute Gasteiger partial charge is 0.413 e. The normalized spacial score (nSPS) is 14.0. The molecule has 0 aliphatic carbocycles. The van der Waals surface area contributed by atoms with Crippen LogP contribution in [0.4, 0.5) is 0 Å². The van der Waals surface area contributed by atoms with E-state index < -0.39 is 5.91 Å². The summed E-state index contributed by atoms with van der Waals surface area (Å²) < 4.78 is 13.6. The highest BCUT2D eigenvalue weighted by Crippen LogP contribution is 2.37. The monoisotopic (exact) mass is 412 g/mol. The quantitative estimate of drug-likeness (QED) is 0.205. The van der Waals surface area contributed by atoms with Crippen molar-refractivity contribution >= 4 is 0 Å². The molecule has 166 valence electrons. The van der Waals surface area contributed by atoms with Gasteiger partial charge in [-0.25, -0.2) is 0 Å². The molecule has 2 rings (SSSR count). The van der Waals surface area contributed by atoms with Gasteiger partial charge in [-0.3, -0.25) is 9.22 Å². The fourth-order valence-electron chi connectivity index (χ4n) is 3.81. The molecule has 0 amide bonds. The van der Waals surface area contributed by atoms with Crippen LogP contribution in [0.15, 0.2) is 54.6 Å². The molecule has 0 N–H and O–H groups in total. The maximum atomic E-state index is 6.61. The average molecular weight is 413 g/mol. The van der Waals surface area contributed by atoms with E-state index in [2.05, 4.69) is 59.1 Å². The van der Waals surface area contributed by atoms with Gasteiger partial charge < -0.3 is 4.74 Å². The van der Waals surface area contributed by atoms with Crippen LogP contribution in [0, 0.1) is 5.92 Å². The second-order valence-corrected chi connectivity index (χ2v) is 9.12. The number of nitrogens with zero attached hydrogens (tertiary/aromatic N) is 1. The summed E-state index contributed by atoms with van der Waals surface area (Å²) in [7, 11) is 4.34. The molecular weight excluding hydrogens is 370 g/mol. The molecule has 0 saturated heterocycles. The maximum absolute atomic E-state index is 6.61. The Hall–Kier alpha value is -1.84. The van der Waals surface area contributed by atoms with Crippen molar-refractivity contribution in [2.24, 2.45) is 5.92 Å². The van der Waals surface area contributed by atoms with Crippen molar-refractivity contribution in [2.45, 2.75) is 65.7 Å². The Labute approximate surface area is 184 Å². The molecular formula is C27H42NO2+. The Morgan fingerprint density at radius 3 is 2.10 bits per heavy atom. The van der Waals surface area contributed by atoms with Crippen molar-refractivity contribution in [1.29, 1.82) is 0 Å². The molecule has 1 unspecified atom stereocenters. The van der Waals surface area contributed by atoms with Gasteiger partial charge in [-0.05, 0) is 62.4 Å². The van der Waals surface area contributed by atoms with Gasteiger partial charge in [0.15, 0.2) is 0 Å². The number of para-hydroxylation sites is 1. The Balaban J connectivity index is 2.23. The number of rotatable bonds is 13. The van der Waals surface area contributed by atoms with Gasteiger partial charge in [0, 0.05) is 0 Å². The number of hydrogen-bond donors (Lipinski definition) is 0.